The van der Waals surface area contributed by atoms with Gasteiger partial charge >= 0.3 is 0 Å². The van der Waals surface area contributed by atoms with Crippen molar-refractivity contribution < 1.29 is 18.8 Å². The van der Waals surface area contributed by atoms with E-state index in [1.54, 1.807) is 20.5 Å². The van der Waals surface area contributed by atoms with Gasteiger partial charge in [0.25, 0.3) is 5.91 Å². The molecule has 1 saturated heterocycles. The first-order chi connectivity index (χ1) is 20.4. The highest BCUT2D eigenvalue weighted by molar-refractivity contribution is 5.93. The minimum Gasteiger partial charge on any atom is -0.460 e. The van der Waals surface area contributed by atoms with Gasteiger partial charge in [-0.2, -0.15) is 10.2 Å². The molecule has 2 N–H and O–H groups in total. The van der Waals surface area contributed by atoms with Crippen molar-refractivity contribution in [3.63, 3.8) is 0 Å². The number of rotatable bonds is 3. The van der Waals surface area contributed by atoms with Crippen LogP contribution in [0.2, 0.25) is 0 Å². The molecule has 0 bridgehead atoms. The van der Waals surface area contributed by atoms with Gasteiger partial charge in [-0.15, -0.1) is 0 Å². The van der Waals surface area contributed by atoms with Crippen LogP contribution in [0.1, 0.15) is 60.7 Å². The minimum absolute atomic E-state index is 0.0745. The van der Waals surface area contributed by atoms with E-state index in [0.29, 0.717) is 62.1 Å². The number of aryl methyl sites for hydroxylation is 1. The van der Waals surface area contributed by atoms with Crippen LogP contribution in [-0.4, -0.2) is 78.2 Å². The summed E-state index contributed by atoms with van der Waals surface area (Å²) < 4.78 is 7.44. The molecule has 2 aliphatic heterocycles. The van der Waals surface area contributed by atoms with E-state index in [1.165, 1.54) is 0 Å². The molecule has 4 aromatic rings. The van der Waals surface area contributed by atoms with Gasteiger partial charge in [-0.1, -0.05) is 30.3 Å². The molecule has 0 spiro atoms. The summed E-state index contributed by atoms with van der Waals surface area (Å²) in [6.07, 6.45) is 2.09. The molecule has 3 aromatic heterocycles. The Labute approximate surface area is 243 Å². The normalized spacial score (nSPS) is 20.1. The van der Waals surface area contributed by atoms with E-state index >= 15 is 0 Å². The molecule has 1 aromatic carbocycles. The van der Waals surface area contributed by atoms with E-state index in [4.69, 9.17) is 14.5 Å². The fraction of sp³-hybridized carbons (Fsp3) is 0.400. The Hall–Kier alpha value is -4.74. The van der Waals surface area contributed by atoms with Crippen LogP contribution in [0.3, 0.4) is 0 Å². The molecule has 3 amide bonds. The number of benzene rings is 1. The Morgan fingerprint density at radius 3 is 2.64 bits per heavy atom. The molecule has 0 unspecified atom stereocenters. The monoisotopic (exact) mass is 570 g/mol. The highest BCUT2D eigenvalue weighted by atomic mass is 16.3. The van der Waals surface area contributed by atoms with Gasteiger partial charge < -0.3 is 19.5 Å². The van der Waals surface area contributed by atoms with E-state index < -0.39 is 12.1 Å². The summed E-state index contributed by atoms with van der Waals surface area (Å²) in [5, 5.41) is 15.0. The van der Waals surface area contributed by atoms with Crippen LogP contribution in [-0.2, 0) is 16.1 Å². The average Bonchev–Trinajstić information content (AvgIpc) is 3.80. The number of hydrogen-bond acceptors (Lipinski definition) is 7. The van der Waals surface area contributed by atoms with Gasteiger partial charge in [0, 0.05) is 37.7 Å². The number of aromatic nitrogens is 5. The first kappa shape index (κ1) is 27.4. The molecule has 5 heterocycles. The molecule has 0 aliphatic carbocycles. The van der Waals surface area contributed by atoms with Gasteiger partial charge in [0.05, 0.1) is 12.6 Å². The Balaban J connectivity index is 1.31. The third-order valence-corrected chi connectivity index (χ3v) is 7.84. The zero-order valence-electron chi connectivity index (χ0n) is 23.7. The van der Waals surface area contributed by atoms with Crippen molar-refractivity contribution in [2.45, 2.75) is 58.2 Å². The summed E-state index contributed by atoms with van der Waals surface area (Å²) >= 11 is 0. The first-order valence-electron chi connectivity index (χ1n) is 14.4. The van der Waals surface area contributed by atoms with Gasteiger partial charge in [0.2, 0.25) is 11.8 Å². The van der Waals surface area contributed by atoms with Crippen molar-refractivity contribution in [1.82, 2.24) is 40.1 Å². The maximum absolute atomic E-state index is 13.7. The lowest BCUT2D eigenvalue weighted by atomic mass is 10.1. The number of carbonyl (C=O) groups excluding carboxylic acids is 3. The number of H-pyrrole nitrogens is 1. The highest BCUT2D eigenvalue weighted by Gasteiger charge is 2.35. The van der Waals surface area contributed by atoms with Gasteiger partial charge in [0.15, 0.2) is 17.3 Å². The lowest BCUT2D eigenvalue weighted by Gasteiger charge is -2.27. The van der Waals surface area contributed by atoms with Gasteiger partial charge in [-0.05, 0) is 45.2 Å². The van der Waals surface area contributed by atoms with E-state index in [9.17, 15) is 14.4 Å². The summed E-state index contributed by atoms with van der Waals surface area (Å²) in [5.74, 6) is 1.97. The smallest absolute Gasteiger partial charge is 0.274 e. The van der Waals surface area contributed by atoms with Crippen molar-refractivity contribution in [1.29, 1.82) is 0 Å². The second-order valence-electron chi connectivity index (χ2n) is 10.8. The molecule has 12 nitrogen and oxygen atoms in total. The predicted molar refractivity (Wildman–Crippen MR) is 153 cm³/mol. The molecular weight excluding hydrogens is 536 g/mol. The van der Waals surface area contributed by atoms with Crippen LogP contribution in [0.5, 0.6) is 0 Å². The maximum Gasteiger partial charge on any atom is 0.274 e. The molecule has 12 heteroatoms. The lowest BCUT2D eigenvalue weighted by molar-refractivity contribution is -0.138. The maximum atomic E-state index is 13.7. The molecule has 1 fully saturated rings. The zero-order valence-corrected chi connectivity index (χ0v) is 23.7. The van der Waals surface area contributed by atoms with Crippen molar-refractivity contribution in [3.05, 3.63) is 65.8 Å². The fourth-order valence-corrected chi connectivity index (χ4v) is 5.65. The van der Waals surface area contributed by atoms with Crippen molar-refractivity contribution >= 4 is 17.7 Å². The molecule has 0 radical (unpaired) electrons. The highest BCUT2D eigenvalue weighted by Crippen LogP contribution is 2.24. The van der Waals surface area contributed by atoms with E-state index in [0.717, 1.165) is 17.7 Å². The van der Waals surface area contributed by atoms with Crippen molar-refractivity contribution in [3.8, 4) is 22.8 Å². The standard InChI is InChI=1S/C30H34N8O4/c1-19-12-13-25(42-19)22-18-23(34-33-22)30(41)36-14-7-11-26(39)37-15-6-10-24(37)29(40)31-20(2)28-32-27(35-38(28)17-16-36)21-8-4-3-5-9-21/h3-5,8-9,12-13,18,20,24H,6-7,10-11,14-17H2,1-2H3,(H,31,40)(H,33,34)/t20-,24-/m0/s1. The number of hydrogen-bond donors (Lipinski definition) is 2. The summed E-state index contributed by atoms with van der Waals surface area (Å²) in [4.78, 5) is 48.3. The number of carbonyl (C=O) groups is 3. The number of fused-ring (bicyclic) bond motifs is 2. The summed E-state index contributed by atoms with van der Waals surface area (Å²) in [6, 6.07) is 14.0. The molecule has 6 rings (SSSR count). The minimum atomic E-state index is -0.515. The van der Waals surface area contributed by atoms with E-state index in [2.05, 4.69) is 15.5 Å². The number of furan rings is 1. The SMILES string of the molecule is Cc1ccc(-c2cc(C(=O)N3CCCC(=O)N4CCC[C@H]4C(=O)N[C@@H](C)c4nc(-c5ccccc5)nn4CC3)n[nH]2)o1. The Morgan fingerprint density at radius 1 is 1.02 bits per heavy atom. The molecular formula is C30H34N8O4. The van der Waals surface area contributed by atoms with Crippen molar-refractivity contribution in [2.75, 3.05) is 19.6 Å². The Bertz CT molecular complexity index is 1590. The second-order valence-corrected chi connectivity index (χ2v) is 10.8. The van der Waals surface area contributed by atoms with Gasteiger partial charge in [-0.3, -0.25) is 19.5 Å². The van der Waals surface area contributed by atoms with Crippen LogP contribution in [0.4, 0.5) is 0 Å². The van der Waals surface area contributed by atoms with Crippen LogP contribution in [0.15, 0.2) is 52.9 Å². The first-order valence-corrected chi connectivity index (χ1v) is 14.4. The third kappa shape index (κ3) is 5.56. The fourth-order valence-electron chi connectivity index (χ4n) is 5.65. The van der Waals surface area contributed by atoms with E-state index in [1.807, 2.05) is 56.3 Å². The third-order valence-electron chi connectivity index (χ3n) is 7.84. The van der Waals surface area contributed by atoms with E-state index in [-0.39, 0.29) is 29.8 Å². The molecule has 2 aliphatic rings. The zero-order chi connectivity index (χ0) is 29.2. The molecule has 42 heavy (non-hydrogen) atoms. The number of amides is 3. The van der Waals surface area contributed by atoms with Gasteiger partial charge in [-0.25, -0.2) is 9.67 Å². The topological polar surface area (TPSA) is 142 Å². The van der Waals surface area contributed by atoms with Crippen LogP contribution < -0.4 is 5.32 Å². The lowest BCUT2D eigenvalue weighted by Crippen LogP contribution is -2.47. The van der Waals surface area contributed by atoms with Gasteiger partial charge in [0.1, 0.15) is 23.3 Å². The summed E-state index contributed by atoms with van der Waals surface area (Å²) in [6.45, 7) is 5.27. The summed E-state index contributed by atoms with van der Waals surface area (Å²) in [7, 11) is 0. The largest absolute Gasteiger partial charge is 0.460 e. The average molecular weight is 571 g/mol. The van der Waals surface area contributed by atoms with Crippen LogP contribution in [0.25, 0.3) is 22.8 Å². The van der Waals surface area contributed by atoms with Crippen LogP contribution in [0, 0.1) is 6.92 Å². The molecule has 0 saturated carbocycles. The summed E-state index contributed by atoms with van der Waals surface area (Å²) in [5.41, 5.74) is 1.72. The predicted octanol–water partition coefficient (Wildman–Crippen LogP) is 3.34. The second kappa shape index (κ2) is 11.6. The molecule has 218 valence electrons. The number of nitrogens with zero attached hydrogens (tertiary/aromatic N) is 6. The number of nitrogens with one attached hydrogen (secondary N) is 2. The Morgan fingerprint density at radius 2 is 1.86 bits per heavy atom. The van der Waals surface area contributed by atoms with Crippen molar-refractivity contribution in [2.24, 2.45) is 0 Å². The van der Waals surface area contributed by atoms with Crippen LogP contribution >= 0.6 is 0 Å². The quantitative estimate of drug-likeness (QED) is 0.385. The number of aromatic amines is 1. The molecule has 2 atom stereocenters. The Kier molecular flexibility index (Phi) is 7.60.